The van der Waals surface area contributed by atoms with Crippen molar-refractivity contribution >= 4 is 11.6 Å². The molecule has 0 aromatic heterocycles. The molecular formula is C12H15NO2. The number of allylic oxidation sites excluding steroid dienone is 1. The van der Waals surface area contributed by atoms with Gasteiger partial charge in [0.1, 0.15) is 5.75 Å². The number of ether oxygens (including phenoxy) is 1. The summed E-state index contributed by atoms with van der Waals surface area (Å²) in [5.41, 5.74) is 0.817. The highest BCUT2D eigenvalue weighted by Crippen LogP contribution is 2.19. The molecule has 1 aromatic rings. The van der Waals surface area contributed by atoms with Crippen LogP contribution in [0.2, 0.25) is 0 Å². The zero-order valence-electron chi connectivity index (χ0n) is 9.23. The molecule has 0 radical (unpaired) electrons. The maximum absolute atomic E-state index is 11.5. The summed E-state index contributed by atoms with van der Waals surface area (Å²) >= 11 is 0. The third-order valence-electron chi connectivity index (χ3n) is 2.08. The highest BCUT2D eigenvalue weighted by molar-refractivity contribution is 6.00. The van der Waals surface area contributed by atoms with Crippen LogP contribution in [0.25, 0.3) is 0 Å². The standard InChI is InChI=1S/C12H15NO2/c1-4-6-12(14)13(2)10-7-5-8-11(9-10)15-3/h4-9H,1-3H3. The van der Waals surface area contributed by atoms with Gasteiger partial charge in [0.15, 0.2) is 0 Å². The first-order chi connectivity index (χ1) is 7.19. The first-order valence-corrected chi connectivity index (χ1v) is 4.73. The summed E-state index contributed by atoms with van der Waals surface area (Å²) < 4.78 is 5.09. The van der Waals surface area contributed by atoms with Crippen LogP contribution in [-0.4, -0.2) is 20.1 Å². The Hall–Kier alpha value is -1.77. The number of hydrogen-bond acceptors (Lipinski definition) is 2. The second-order valence-corrected chi connectivity index (χ2v) is 3.10. The fourth-order valence-electron chi connectivity index (χ4n) is 1.20. The average molecular weight is 205 g/mol. The van der Waals surface area contributed by atoms with Crippen LogP contribution < -0.4 is 9.64 Å². The van der Waals surface area contributed by atoms with Gasteiger partial charge in [0, 0.05) is 18.8 Å². The number of benzene rings is 1. The van der Waals surface area contributed by atoms with Gasteiger partial charge in [-0.15, -0.1) is 0 Å². The van der Waals surface area contributed by atoms with Gasteiger partial charge in [-0.1, -0.05) is 12.1 Å². The van der Waals surface area contributed by atoms with E-state index in [2.05, 4.69) is 0 Å². The zero-order valence-corrected chi connectivity index (χ0v) is 9.23. The molecule has 3 heteroatoms. The van der Waals surface area contributed by atoms with Crippen LogP contribution in [-0.2, 0) is 4.79 Å². The van der Waals surface area contributed by atoms with E-state index in [0.29, 0.717) is 0 Å². The van der Waals surface area contributed by atoms with Crippen molar-refractivity contribution in [1.29, 1.82) is 0 Å². The fraction of sp³-hybridized carbons (Fsp3) is 0.250. The molecule has 15 heavy (non-hydrogen) atoms. The van der Waals surface area contributed by atoms with E-state index >= 15 is 0 Å². The van der Waals surface area contributed by atoms with Gasteiger partial charge < -0.3 is 9.64 Å². The van der Waals surface area contributed by atoms with Crippen LogP contribution in [0, 0.1) is 0 Å². The first kappa shape index (κ1) is 11.3. The van der Waals surface area contributed by atoms with Crippen molar-refractivity contribution in [3.63, 3.8) is 0 Å². The number of methoxy groups -OCH3 is 1. The van der Waals surface area contributed by atoms with Gasteiger partial charge in [0.05, 0.1) is 7.11 Å². The second-order valence-electron chi connectivity index (χ2n) is 3.10. The van der Waals surface area contributed by atoms with Crippen molar-refractivity contribution in [2.45, 2.75) is 6.92 Å². The lowest BCUT2D eigenvalue weighted by Gasteiger charge is -2.15. The molecule has 0 aliphatic rings. The van der Waals surface area contributed by atoms with E-state index in [-0.39, 0.29) is 5.91 Å². The average Bonchev–Trinajstić information content (AvgIpc) is 2.28. The smallest absolute Gasteiger partial charge is 0.250 e. The molecule has 0 fully saturated rings. The van der Waals surface area contributed by atoms with Gasteiger partial charge in [-0.25, -0.2) is 0 Å². The molecule has 0 unspecified atom stereocenters. The highest BCUT2D eigenvalue weighted by Gasteiger charge is 2.07. The largest absolute Gasteiger partial charge is 0.497 e. The van der Waals surface area contributed by atoms with Crippen molar-refractivity contribution in [3.05, 3.63) is 36.4 Å². The number of carbonyl (C=O) groups is 1. The Kier molecular flexibility index (Phi) is 3.92. The molecular weight excluding hydrogens is 190 g/mol. The number of likely N-dealkylation sites (N-methyl/N-ethyl adjacent to an activating group) is 1. The third-order valence-corrected chi connectivity index (χ3v) is 2.08. The molecule has 3 nitrogen and oxygen atoms in total. The van der Waals surface area contributed by atoms with Gasteiger partial charge in [-0.3, -0.25) is 4.79 Å². The van der Waals surface area contributed by atoms with Gasteiger partial charge >= 0.3 is 0 Å². The molecule has 0 heterocycles. The Morgan fingerprint density at radius 2 is 2.20 bits per heavy atom. The minimum atomic E-state index is -0.0502. The van der Waals surface area contributed by atoms with Crippen LogP contribution >= 0.6 is 0 Å². The molecule has 1 aromatic carbocycles. The molecule has 0 spiro atoms. The third kappa shape index (κ3) is 2.84. The van der Waals surface area contributed by atoms with E-state index in [4.69, 9.17) is 4.74 Å². The maximum atomic E-state index is 11.5. The summed E-state index contributed by atoms with van der Waals surface area (Å²) in [6.45, 7) is 1.82. The van der Waals surface area contributed by atoms with Gasteiger partial charge in [0.25, 0.3) is 0 Å². The summed E-state index contributed by atoms with van der Waals surface area (Å²) in [5.74, 6) is 0.693. The van der Waals surface area contributed by atoms with Gasteiger partial charge in [0.2, 0.25) is 5.91 Å². The van der Waals surface area contributed by atoms with Crippen LogP contribution in [0.5, 0.6) is 5.75 Å². The number of amides is 1. The molecule has 0 bridgehead atoms. The molecule has 0 aliphatic carbocycles. The molecule has 0 saturated carbocycles. The monoisotopic (exact) mass is 205 g/mol. The fourth-order valence-corrected chi connectivity index (χ4v) is 1.20. The maximum Gasteiger partial charge on any atom is 0.250 e. The number of carbonyl (C=O) groups excluding carboxylic acids is 1. The molecule has 0 saturated heterocycles. The molecule has 0 atom stereocenters. The molecule has 0 N–H and O–H groups in total. The summed E-state index contributed by atoms with van der Waals surface area (Å²) in [4.78, 5) is 13.1. The SMILES string of the molecule is CC=CC(=O)N(C)c1cccc(OC)c1. The van der Waals surface area contributed by atoms with E-state index in [1.165, 1.54) is 6.08 Å². The molecule has 0 aliphatic heterocycles. The molecule has 1 rings (SSSR count). The van der Waals surface area contributed by atoms with Crippen LogP contribution in [0.4, 0.5) is 5.69 Å². The number of anilines is 1. The van der Waals surface area contributed by atoms with Crippen molar-refractivity contribution in [2.24, 2.45) is 0 Å². The lowest BCUT2D eigenvalue weighted by Crippen LogP contribution is -2.23. The normalized spacial score (nSPS) is 10.3. The van der Waals surface area contributed by atoms with E-state index in [0.717, 1.165) is 11.4 Å². The lowest BCUT2D eigenvalue weighted by atomic mass is 10.2. The summed E-state index contributed by atoms with van der Waals surface area (Å²) in [6, 6.07) is 7.39. The zero-order chi connectivity index (χ0) is 11.3. The Balaban J connectivity index is 2.90. The van der Waals surface area contributed by atoms with Crippen molar-refractivity contribution in [1.82, 2.24) is 0 Å². The molecule has 80 valence electrons. The Morgan fingerprint density at radius 3 is 2.80 bits per heavy atom. The van der Waals surface area contributed by atoms with Crippen LogP contribution in [0.15, 0.2) is 36.4 Å². The minimum Gasteiger partial charge on any atom is -0.497 e. The van der Waals surface area contributed by atoms with Crippen molar-refractivity contribution in [3.8, 4) is 5.75 Å². The van der Waals surface area contributed by atoms with Crippen molar-refractivity contribution in [2.75, 3.05) is 19.1 Å². The van der Waals surface area contributed by atoms with E-state index in [1.54, 1.807) is 25.1 Å². The van der Waals surface area contributed by atoms with E-state index in [1.807, 2.05) is 31.2 Å². The Morgan fingerprint density at radius 1 is 1.47 bits per heavy atom. The minimum absolute atomic E-state index is 0.0502. The first-order valence-electron chi connectivity index (χ1n) is 4.73. The van der Waals surface area contributed by atoms with Crippen LogP contribution in [0.1, 0.15) is 6.92 Å². The van der Waals surface area contributed by atoms with E-state index < -0.39 is 0 Å². The number of nitrogens with zero attached hydrogens (tertiary/aromatic N) is 1. The molecule has 1 amide bonds. The Labute approximate surface area is 90.0 Å². The second kappa shape index (κ2) is 5.20. The summed E-state index contributed by atoms with van der Waals surface area (Å²) in [6.07, 6.45) is 3.25. The van der Waals surface area contributed by atoms with Gasteiger partial charge in [-0.05, 0) is 25.1 Å². The number of hydrogen-bond donors (Lipinski definition) is 0. The van der Waals surface area contributed by atoms with Gasteiger partial charge in [-0.2, -0.15) is 0 Å². The lowest BCUT2D eigenvalue weighted by molar-refractivity contribution is -0.113. The quantitative estimate of drug-likeness (QED) is 0.708. The highest BCUT2D eigenvalue weighted by atomic mass is 16.5. The number of rotatable bonds is 3. The van der Waals surface area contributed by atoms with Crippen LogP contribution in [0.3, 0.4) is 0 Å². The summed E-state index contributed by atoms with van der Waals surface area (Å²) in [7, 11) is 3.34. The Bertz CT molecular complexity index is 372. The predicted molar refractivity (Wildman–Crippen MR) is 61.2 cm³/mol. The topological polar surface area (TPSA) is 29.5 Å². The van der Waals surface area contributed by atoms with Crippen molar-refractivity contribution < 1.29 is 9.53 Å². The van der Waals surface area contributed by atoms with E-state index in [9.17, 15) is 4.79 Å². The predicted octanol–water partition coefficient (Wildman–Crippen LogP) is 2.23. The summed E-state index contributed by atoms with van der Waals surface area (Å²) in [5, 5.41) is 0.